The summed E-state index contributed by atoms with van der Waals surface area (Å²) in [5, 5.41) is 0. The van der Waals surface area contributed by atoms with Crippen LogP contribution < -0.4 is 9.47 Å². The zero-order valence-corrected chi connectivity index (χ0v) is 17.5. The first-order chi connectivity index (χ1) is 14.6. The first-order valence-electron chi connectivity index (χ1n) is 10.6. The van der Waals surface area contributed by atoms with Crippen LogP contribution in [0.4, 0.5) is 0 Å². The van der Waals surface area contributed by atoms with Crippen LogP contribution in [0.3, 0.4) is 0 Å². The smallest absolute Gasteiger partial charge is 0.255 e. The summed E-state index contributed by atoms with van der Waals surface area (Å²) in [5.74, 6) is 1.70. The van der Waals surface area contributed by atoms with E-state index in [9.17, 15) is 4.79 Å². The maximum atomic E-state index is 13.3. The second-order valence-corrected chi connectivity index (χ2v) is 8.32. The highest BCUT2D eigenvalue weighted by molar-refractivity contribution is 5.98. The first kappa shape index (κ1) is 19.0. The van der Waals surface area contributed by atoms with Crippen molar-refractivity contribution in [3.63, 3.8) is 0 Å². The summed E-state index contributed by atoms with van der Waals surface area (Å²) in [6, 6.07) is 5.91. The average molecular weight is 405 g/mol. The standard InChI is InChI=1S/C24H27N3O3/c1-17-3-5-19-6-7-20(26-11-9-25(2)10-12-26)15-27(19)24(28)14-21(17)18-4-8-22-23(13-18)30-16-29-22/h4-8,13-15,17H,3,9-12,16H2,1-2H3. The molecule has 0 N–H and O–H groups in total. The fourth-order valence-electron chi connectivity index (χ4n) is 4.32. The van der Waals surface area contributed by atoms with Crippen LogP contribution in [0.15, 0.2) is 60.1 Å². The predicted octanol–water partition coefficient (Wildman–Crippen LogP) is 3.21. The Balaban J connectivity index is 1.44. The molecule has 0 aliphatic carbocycles. The van der Waals surface area contributed by atoms with Gasteiger partial charge >= 0.3 is 0 Å². The molecular formula is C24H27N3O3. The number of carbonyl (C=O) groups excluding carboxylic acids is 1. The van der Waals surface area contributed by atoms with Gasteiger partial charge in [-0.2, -0.15) is 0 Å². The van der Waals surface area contributed by atoms with Crippen LogP contribution in [-0.4, -0.2) is 60.6 Å². The third-order valence-corrected chi connectivity index (χ3v) is 6.27. The van der Waals surface area contributed by atoms with Gasteiger partial charge in [0.25, 0.3) is 5.91 Å². The molecule has 1 saturated heterocycles. The summed E-state index contributed by atoms with van der Waals surface area (Å²) < 4.78 is 11.0. The fraction of sp³-hybridized carbons (Fsp3) is 0.375. The number of likely N-dealkylation sites (N-methyl/N-ethyl adjacent to an activating group) is 1. The molecule has 0 saturated carbocycles. The Morgan fingerprint density at radius 2 is 1.77 bits per heavy atom. The molecule has 1 unspecified atom stereocenters. The molecular weight excluding hydrogens is 378 g/mol. The van der Waals surface area contributed by atoms with Crippen molar-refractivity contribution < 1.29 is 14.3 Å². The van der Waals surface area contributed by atoms with Crippen molar-refractivity contribution in [2.24, 2.45) is 5.92 Å². The zero-order chi connectivity index (χ0) is 20.7. The van der Waals surface area contributed by atoms with Crippen LogP contribution in [0.5, 0.6) is 11.5 Å². The van der Waals surface area contributed by atoms with Crippen molar-refractivity contribution in [3.8, 4) is 11.5 Å². The van der Waals surface area contributed by atoms with Crippen molar-refractivity contribution in [1.29, 1.82) is 0 Å². The number of hydrogen-bond acceptors (Lipinski definition) is 5. The molecule has 30 heavy (non-hydrogen) atoms. The van der Waals surface area contributed by atoms with E-state index in [0.29, 0.717) is 0 Å². The molecule has 1 aromatic carbocycles. The number of allylic oxidation sites excluding steroid dienone is 4. The molecule has 0 bridgehead atoms. The van der Waals surface area contributed by atoms with Crippen LogP contribution in [-0.2, 0) is 4.79 Å². The number of hydrogen-bond donors (Lipinski definition) is 0. The van der Waals surface area contributed by atoms with Crippen LogP contribution in [0, 0.1) is 5.92 Å². The summed E-state index contributed by atoms with van der Waals surface area (Å²) in [6.07, 6.45) is 11.0. The Labute approximate surface area is 177 Å². The molecule has 5 rings (SSSR count). The molecule has 4 aliphatic heterocycles. The summed E-state index contributed by atoms with van der Waals surface area (Å²) in [7, 11) is 2.15. The third-order valence-electron chi connectivity index (χ3n) is 6.27. The van der Waals surface area contributed by atoms with Crippen LogP contribution in [0.1, 0.15) is 18.9 Å². The lowest BCUT2D eigenvalue weighted by molar-refractivity contribution is -0.122. The van der Waals surface area contributed by atoms with E-state index < -0.39 is 0 Å². The summed E-state index contributed by atoms with van der Waals surface area (Å²) in [6.45, 7) is 6.43. The molecule has 4 aliphatic rings. The maximum Gasteiger partial charge on any atom is 0.255 e. The largest absolute Gasteiger partial charge is 0.454 e. The minimum absolute atomic E-state index is 0.0172. The van der Waals surface area contributed by atoms with Gasteiger partial charge in [-0.15, -0.1) is 0 Å². The van der Waals surface area contributed by atoms with Gasteiger partial charge in [-0.25, -0.2) is 0 Å². The van der Waals surface area contributed by atoms with Crippen molar-refractivity contribution >= 4 is 11.5 Å². The molecule has 4 heterocycles. The summed E-state index contributed by atoms with van der Waals surface area (Å²) in [5.41, 5.74) is 4.08. The molecule has 156 valence electrons. The molecule has 0 radical (unpaired) electrons. The lowest BCUT2D eigenvalue weighted by Gasteiger charge is -2.37. The lowest BCUT2D eigenvalue weighted by Crippen LogP contribution is -2.44. The number of rotatable bonds is 2. The zero-order valence-electron chi connectivity index (χ0n) is 17.5. The van der Waals surface area contributed by atoms with Crippen molar-refractivity contribution in [2.75, 3.05) is 40.0 Å². The van der Waals surface area contributed by atoms with E-state index >= 15 is 0 Å². The number of fused-ring (bicyclic) bond motifs is 2. The molecule has 1 fully saturated rings. The van der Waals surface area contributed by atoms with Crippen molar-refractivity contribution in [2.45, 2.75) is 13.3 Å². The van der Waals surface area contributed by atoms with E-state index in [1.807, 2.05) is 24.4 Å². The molecule has 6 nitrogen and oxygen atoms in total. The number of nitrogens with zero attached hydrogens (tertiary/aromatic N) is 3. The van der Waals surface area contributed by atoms with E-state index in [0.717, 1.165) is 66.6 Å². The Morgan fingerprint density at radius 3 is 2.60 bits per heavy atom. The second-order valence-electron chi connectivity index (χ2n) is 8.32. The molecule has 1 atom stereocenters. The topological polar surface area (TPSA) is 45.2 Å². The highest BCUT2D eigenvalue weighted by Gasteiger charge is 2.25. The van der Waals surface area contributed by atoms with E-state index in [2.05, 4.69) is 42.0 Å². The number of amides is 1. The lowest BCUT2D eigenvalue weighted by atomic mass is 9.89. The quantitative estimate of drug-likeness (QED) is 0.756. The molecule has 6 heteroatoms. The number of benzene rings is 1. The summed E-state index contributed by atoms with van der Waals surface area (Å²) in [4.78, 5) is 19.8. The van der Waals surface area contributed by atoms with E-state index in [1.165, 1.54) is 0 Å². The highest BCUT2D eigenvalue weighted by Crippen LogP contribution is 2.38. The fourth-order valence-corrected chi connectivity index (χ4v) is 4.32. The van der Waals surface area contributed by atoms with Gasteiger partial charge in [0.2, 0.25) is 6.79 Å². The van der Waals surface area contributed by atoms with E-state index in [-0.39, 0.29) is 18.6 Å². The number of ether oxygens (including phenoxy) is 2. The minimum atomic E-state index is -0.0172. The van der Waals surface area contributed by atoms with Gasteiger partial charge in [0.1, 0.15) is 0 Å². The number of carbonyl (C=O) groups is 1. The Bertz CT molecular complexity index is 983. The van der Waals surface area contributed by atoms with E-state index in [4.69, 9.17) is 9.47 Å². The van der Waals surface area contributed by atoms with Crippen molar-refractivity contribution in [1.82, 2.24) is 14.7 Å². The van der Waals surface area contributed by atoms with Gasteiger partial charge in [0, 0.05) is 44.2 Å². The van der Waals surface area contributed by atoms with Crippen LogP contribution in [0.2, 0.25) is 0 Å². The molecule has 1 aromatic rings. The van der Waals surface area contributed by atoms with Gasteiger partial charge in [0.15, 0.2) is 11.5 Å². The Kier molecular flexibility index (Phi) is 4.87. The van der Waals surface area contributed by atoms with Gasteiger partial charge in [-0.05, 0) is 54.8 Å². The van der Waals surface area contributed by atoms with Crippen LogP contribution >= 0.6 is 0 Å². The minimum Gasteiger partial charge on any atom is -0.454 e. The molecule has 1 amide bonds. The molecule has 0 spiro atoms. The predicted molar refractivity (Wildman–Crippen MR) is 116 cm³/mol. The second kappa shape index (κ2) is 7.69. The maximum absolute atomic E-state index is 13.3. The van der Waals surface area contributed by atoms with Gasteiger partial charge in [0.05, 0.1) is 5.70 Å². The monoisotopic (exact) mass is 405 g/mol. The SMILES string of the molecule is CC1CC=C2C=CC(N3CCN(C)CC3)=CN2C(=O)C=C1c1ccc2c(c1)OCO2. The average Bonchev–Trinajstić information content (AvgIpc) is 3.23. The molecule has 0 aromatic heterocycles. The van der Waals surface area contributed by atoms with Gasteiger partial charge in [-0.3, -0.25) is 9.69 Å². The Morgan fingerprint density at radius 1 is 1.00 bits per heavy atom. The van der Waals surface area contributed by atoms with Crippen LogP contribution in [0.25, 0.3) is 5.57 Å². The normalized spacial score (nSPS) is 24.0. The van der Waals surface area contributed by atoms with Gasteiger partial charge in [-0.1, -0.05) is 19.1 Å². The highest BCUT2D eigenvalue weighted by atomic mass is 16.7. The van der Waals surface area contributed by atoms with Gasteiger partial charge < -0.3 is 19.3 Å². The summed E-state index contributed by atoms with van der Waals surface area (Å²) >= 11 is 0. The number of piperazine rings is 1. The van der Waals surface area contributed by atoms with Crippen molar-refractivity contribution in [3.05, 3.63) is 65.7 Å². The first-order valence-corrected chi connectivity index (χ1v) is 10.6. The Hall–Kier alpha value is -2.99. The third kappa shape index (κ3) is 3.52. The van der Waals surface area contributed by atoms with E-state index in [1.54, 1.807) is 11.0 Å².